The zero-order valence-corrected chi connectivity index (χ0v) is 15.6. The number of carbonyl (C=O) groups excluding carboxylic acids is 1. The van der Waals surface area contributed by atoms with E-state index in [1.807, 2.05) is 50.6 Å². The molecule has 2 rings (SSSR count). The van der Waals surface area contributed by atoms with Crippen LogP contribution in [0.25, 0.3) is 10.9 Å². The molecule has 0 spiro atoms. The Morgan fingerprint density at radius 3 is 2.50 bits per heavy atom. The van der Waals surface area contributed by atoms with Gasteiger partial charge in [0.25, 0.3) is 0 Å². The minimum Gasteiger partial charge on any atom is -0.459 e. The van der Waals surface area contributed by atoms with Crippen molar-refractivity contribution in [1.82, 2.24) is 9.78 Å². The average Bonchev–Trinajstić information content (AvgIpc) is 2.74. The van der Waals surface area contributed by atoms with Crippen molar-refractivity contribution in [3.63, 3.8) is 0 Å². The number of esters is 1. The van der Waals surface area contributed by atoms with E-state index in [0.29, 0.717) is 0 Å². The standard InChI is InChI=1S/C17H23BrN2O2/c1-10(2)20-13-9-7-8-12(14(13)11(3)19-20)15(18)16(21)22-17(4,5)6/h7-10,15H,1-6H3. The molecular weight excluding hydrogens is 344 g/mol. The molecule has 5 heteroatoms. The summed E-state index contributed by atoms with van der Waals surface area (Å²) in [6.07, 6.45) is 0. The van der Waals surface area contributed by atoms with E-state index in [4.69, 9.17) is 4.74 Å². The summed E-state index contributed by atoms with van der Waals surface area (Å²) in [5, 5.41) is 5.63. The van der Waals surface area contributed by atoms with Crippen molar-refractivity contribution in [2.24, 2.45) is 0 Å². The maximum absolute atomic E-state index is 12.4. The maximum atomic E-state index is 12.4. The van der Waals surface area contributed by atoms with E-state index >= 15 is 0 Å². The minimum atomic E-state index is -0.506. The molecule has 0 aliphatic heterocycles. The zero-order valence-electron chi connectivity index (χ0n) is 14.0. The van der Waals surface area contributed by atoms with Gasteiger partial charge in [0.2, 0.25) is 0 Å². The Morgan fingerprint density at radius 1 is 1.32 bits per heavy atom. The third-order valence-corrected chi connectivity index (χ3v) is 4.18. The normalized spacial score (nSPS) is 13.6. The fraction of sp³-hybridized carbons (Fsp3) is 0.529. The molecule has 0 fully saturated rings. The molecule has 22 heavy (non-hydrogen) atoms. The predicted molar refractivity (Wildman–Crippen MR) is 92.4 cm³/mol. The fourth-order valence-electron chi connectivity index (χ4n) is 2.49. The van der Waals surface area contributed by atoms with Gasteiger partial charge >= 0.3 is 5.97 Å². The lowest BCUT2D eigenvalue weighted by Crippen LogP contribution is -2.26. The molecule has 1 unspecified atom stereocenters. The molecule has 1 heterocycles. The summed E-state index contributed by atoms with van der Waals surface area (Å²) in [5.41, 5.74) is 2.36. The SMILES string of the molecule is Cc1nn(C(C)C)c2cccc(C(Br)C(=O)OC(C)(C)C)c12. The van der Waals surface area contributed by atoms with Gasteiger partial charge in [-0.15, -0.1) is 0 Å². The number of fused-ring (bicyclic) bond motifs is 1. The lowest BCUT2D eigenvalue weighted by atomic mass is 10.0. The molecule has 2 aromatic rings. The van der Waals surface area contributed by atoms with Crippen LogP contribution < -0.4 is 0 Å². The Labute approximate surface area is 140 Å². The number of alkyl halides is 1. The molecule has 1 atom stereocenters. The van der Waals surface area contributed by atoms with Crippen LogP contribution in [0.15, 0.2) is 18.2 Å². The average molecular weight is 367 g/mol. The number of carbonyl (C=O) groups is 1. The third-order valence-electron chi connectivity index (χ3n) is 3.32. The number of aryl methyl sites for hydroxylation is 1. The van der Waals surface area contributed by atoms with Crippen LogP contribution in [0.5, 0.6) is 0 Å². The molecule has 0 amide bonds. The Bertz CT molecular complexity index is 698. The first-order chi connectivity index (χ1) is 10.1. The van der Waals surface area contributed by atoms with E-state index in [2.05, 4.69) is 34.9 Å². The second-order valence-electron chi connectivity index (χ2n) is 6.76. The second-order valence-corrected chi connectivity index (χ2v) is 7.68. The summed E-state index contributed by atoms with van der Waals surface area (Å²) in [5.74, 6) is -0.281. The molecule has 0 radical (unpaired) electrons. The van der Waals surface area contributed by atoms with Crippen molar-refractivity contribution < 1.29 is 9.53 Å². The number of hydrogen-bond acceptors (Lipinski definition) is 3. The van der Waals surface area contributed by atoms with Gasteiger partial charge in [-0.05, 0) is 53.2 Å². The van der Waals surface area contributed by atoms with Crippen LogP contribution in [-0.4, -0.2) is 21.4 Å². The van der Waals surface area contributed by atoms with Crippen LogP contribution in [0.1, 0.15) is 56.7 Å². The van der Waals surface area contributed by atoms with Crippen molar-refractivity contribution in [3.05, 3.63) is 29.5 Å². The molecule has 120 valence electrons. The highest BCUT2D eigenvalue weighted by molar-refractivity contribution is 9.09. The van der Waals surface area contributed by atoms with Crippen LogP contribution in [-0.2, 0) is 9.53 Å². The van der Waals surface area contributed by atoms with Gasteiger partial charge in [-0.3, -0.25) is 9.48 Å². The van der Waals surface area contributed by atoms with Gasteiger partial charge in [-0.1, -0.05) is 28.1 Å². The van der Waals surface area contributed by atoms with Gasteiger partial charge in [0.05, 0.1) is 11.2 Å². The molecule has 0 aliphatic rings. The van der Waals surface area contributed by atoms with Crippen LogP contribution in [0.3, 0.4) is 0 Å². The number of halogens is 1. The lowest BCUT2D eigenvalue weighted by Gasteiger charge is -2.22. The molecule has 0 saturated heterocycles. The molecule has 0 N–H and O–H groups in total. The highest BCUT2D eigenvalue weighted by Crippen LogP contribution is 2.34. The Kier molecular flexibility index (Phi) is 4.66. The topological polar surface area (TPSA) is 44.1 Å². The first-order valence-corrected chi connectivity index (χ1v) is 8.38. The molecule has 4 nitrogen and oxygen atoms in total. The monoisotopic (exact) mass is 366 g/mol. The number of nitrogens with zero attached hydrogens (tertiary/aromatic N) is 2. The van der Waals surface area contributed by atoms with Crippen LogP contribution in [0.2, 0.25) is 0 Å². The van der Waals surface area contributed by atoms with Crippen molar-refractivity contribution >= 4 is 32.8 Å². The Hall–Kier alpha value is -1.36. The molecule has 0 bridgehead atoms. The first-order valence-electron chi connectivity index (χ1n) is 7.46. The summed E-state index contributed by atoms with van der Waals surface area (Å²) >= 11 is 3.49. The lowest BCUT2D eigenvalue weighted by molar-refractivity contribution is -0.154. The summed E-state index contributed by atoms with van der Waals surface area (Å²) in [7, 11) is 0. The number of hydrogen-bond donors (Lipinski definition) is 0. The Balaban J connectivity index is 2.50. The van der Waals surface area contributed by atoms with Crippen molar-refractivity contribution in [2.45, 2.75) is 58.0 Å². The largest absolute Gasteiger partial charge is 0.459 e. The fourth-order valence-corrected chi connectivity index (χ4v) is 2.97. The third kappa shape index (κ3) is 3.35. The van der Waals surface area contributed by atoms with E-state index in [0.717, 1.165) is 22.2 Å². The van der Waals surface area contributed by atoms with E-state index in [1.54, 1.807) is 0 Å². The van der Waals surface area contributed by atoms with Crippen LogP contribution in [0.4, 0.5) is 0 Å². The van der Waals surface area contributed by atoms with E-state index < -0.39 is 10.4 Å². The van der Waals surface area contributed by atoms with Gasteiger partial charge in [-0.25, -0.2) is 0 Å². The number of ether oxygens (including phenoxy) is 1. The summed E-state index contributed by atoms with van der Waals surface area (Å²) < 4.78 is 7.47. The minimum absolute atomic E-state index is 0.266. The first kappa shape index (κ1) is 17.0. The smallest absolute Gasteiger partial charge is 0.324 e. The molecule has 1 aromatic heterocycles. The van der Waals surface area contributed by atoms with E-state index in [-0.39, 0.29) is 12.0 Å². The van der Waals surface area contributed by atoms with Crippen molar-refractivity contribution in [1.29, 1.82) is 0 Å². The molecule has 1 aromatic carbocycles. The Morgan fingerprint density at radius 2 is 1.95 bits per heavy atom. The van der Waals surface area contributed by atoms with Gasteiger partial charge in [0, 0.05) is 11.4 Å². The highest BCUT2D eigenvalue weighted by Gasteiger charge is 2.27. The summed E-state index contributed by atoms with van der Waals surface area (Å²) in [6.45, 7) is 11.8. The maximum Gasteiger partial charge on any atom is 0.324 e. The van der Waals surface area contributed by atoms with Gasteiger partial charge in [0.15, 0.2) is 0 Å². The quantitative estimate of drug-likeness (QED) is 0.583. The van der Waals surface area contributed by atoms with Gasteiger partial charge in [0.1, 0.15) is 10.4 Å². The summed E-state index contributed by atoms with van der Waals surface area (Å²) in [6, 6.07) is 6.20. The van der Waals surface area contributed by atoms with Crippen LogP contribution >= 0.6 is 15.9 Å². The molecule has 0 saturated carbocycles. The van der Waals surface area contributed by atoms with E-state index in [1.165, 1.54) is 0 Å². The van der Waals surface area contributed by atoms with E-state index in [9.17, 15) is 4.79 Å². The zero-order chi connectivity index (χ0) is 16.7. The van der Waals surface area contributed by atoms with Gasteiger partial charge in [-0.2, -0.15) is 5.10 Å². The van der Waals surface area contributed by atoms with Gasteiger partial charge < -0.3 is 4.74 Å². The van der Waals surface area contributed by atoms with Crippen molar-refractivity contribution in [2.75, 3.05) is 0 Å². The number of rotatable bonds is 3. The molecule has 0 aliphatic carbocycles. The van der Waals surface area contributed by atoms with Crippen LogP contribution in [0, 0.1) is 6.92 Å². The van der Waals surface area contributed by atoms with Crippen molar-refractivity contribution in [3.8, 4) is 0 Å². The highest BCUT2D eigenvalue weighted by atomic mass is 79.9. The predicted octanol–water partition coefficient (Wildman–Crippen LogP) is 4.70. The second kappa shape index (κ2) is 6.03. The number of aromatic nitrogens is 2. The number of benzene rings is 1. The summed E-state index contributed by atoms with van der Waals surface area (Å²) in [4.78, 5) is 11.9. The molecular formula is C17H23BrN2O2.